The van der Waals surface area contributed by atoms with Gasteiger partial charge in [-0.2, -0.15) is 0 Å². The third kappa shape index (κ3) is 3.96. The maximum Gasteiger partial charge on any atom is 0.251 e. The average Bonchev–Trinajstić information content (AvgIpc) is 2.46. The van der Waals surface area contributed by atoms with E-state index in [1.54, 1.807) is 0 Å². The number of carbonyl (C=O) groups excluding carboxylic acids is 1. The number of anilines is 1. The van der Waals surface area contributed by atoms with E-state index in [0.29, 0.717) is 6.54 Å². The van der Waals surface area contributed by atoms with Gasteiger partial charge < -0.3 is 15.7 Å². The van der Waals surface area contributed by atoms with Crippen LogP contribution in [0.1, 0.15) is 41.6 Å². The van der Waals surface area contributed by atoms with E-state index >= 15 is 0 Å². The number of aliphatic hydroxyl groups is 1. The van der Waals surface area contributed by atoms with Crippen molar-refractivity contribution in [3.05, 3.63) is 29.3 Å². The molecule has 0 atom stereocenters. The Morgan fingerprint density at radius 2 is 2.21 bits per heavy atom. The molecule has 1 aromatic carbocycles. The third-order valence-electron chi connectivity index (χ3n) is 3.43. The minimum Gasteiger partial charge on any atom is -0.396 e. The first-order valence-electron chi connectivity index (χ1n) is 7.07. The number of hydrogen-bond acceptors (Lipinski definition) is 3. The minimum atomic E-state index is -0.00243. The molecule has 19 heavy (non-hydrogen) atoms. The van der Waals surface area contributed by atoms with Crippen molar-refractivity contribution < 1.29 is 9.90 Å². The molecule has 3 N–H and O–H groups in total. The monoisotopic (exact) mass is 262 g/mol. The van der Waals surface area contributed by atoms with Gasteiger partial charge in [-0.25, -0.2) is 0 Å². The van der Waals surface area contributed by atoms with Crippen LogP contribution in [0.5, 0.6) is 0 Å². The lowest BCUT2D eigenvalue weighted by Gasteiger charge is -2.18. The zero-order valence-corrected chi connectivity index (χ0v) is 11.2. The molecule has 1 aromatic rings. The Balaban J connectivity index is 1.85. The van der Waals surface area contributed by atoms with Crippen LogP contribution in [-0.2, 0) is 6.42 Å². The molecule has 0 fully saturated rings. The number of fused-ring (bicyclic) bond motifs is 1. The molecule has 0 saturated carbocycles. The van der Waals surface area contributed by atoms with Gasteiger partial charge in [0.05, 0.1) is 0 Å². The quantitative estimate of drug-likeness (QED) is 0.687. The zero-order chi connectivity index (χ0) is 13.5. The van der Waals surface area contributed by atoms with Gasteiger partial charge in [-0.1, -0.05) is 0 Å². The Morgan fingerprint density at radius 1 is 1.32 bits per heavy atom. The van der Waals surface area contributed by atoms with Gasteiger partial charge in [0.25, 0.3) is 5.91 Å². The van der Waals surface area contributed by atoms with Gasteiger partial charge in [0.1, 0.15) is 0 Å². The number of amides is 1. The van der Waals surface area contributed by atoms with Gasteiger partial charge >= 0.3 is 0 Å². The molecule has 4 nitrogen and oxygen atoms in total. The normalized spacial score (nSPS) is 13.5. The molecule has 0 radical (unpaired) electrons. The van der Waals surface area contributed by atoms with Crippen LogP contribution in [0.15, 0.2) is 18.2 Å². The van der Waals surface area contributed by atoms with Crippen LogP contribution in [0.25, 0.3) is 0 Å². The molecule has 4 heteroatoms. The average molecular weight is 262 g/mol. The summed E-state index contributed by atoms with van der Waals surface area (Å²) in [7, 11) is 0. The molecule has 1 amide bonds. The second-order valence-electron chi connectivity index (χ2n) is 4.94. The highest BCUT2D eigenvalue weighted by Crippen LogP contribution is 2.22. The van der Waals surface area contributed by atoms with Gasteiger partial charge in [-0.15, -0.1) is 0 Å². The van der Waals surface area contributed by atoms with Crippen molar-refractivity contribution in [3.63, 3.8) is 0 Å². The molecule has 1 aliphatic rings. The highest BCUT2D eigenvalue weighted by molar-refractivity contribution is 5.94. The molecule has 0 spiro atoms. The number of carbonyl (C=O) groups is 1. The van der Waals surface area contributed by atoms with Crippen molar-refractivity contribution in [2.45, 2.75) is 32.1 Å². The fourth-order valence-corrected chi connectivity index (χ4v) is 2.33. The van der Waals surface area contributed by atoms with Gasteiger partial charge in [0.15, 0.2) is 0 Å². The van der Waals surface area contributed by atoms with E-state index < -0.39 is 0 Å². The third-order valence-corrected chi connectivity index (χ3v) is 3.43. The van der Waals surface area contributed by atoms with E-state index in [0.717, 1.165) is 49.9 Å². The summed E-state index contributed by atoms with van der Waals surface area (Å²) >= 11 is 0. The summed E-state index contributed by atoms with van der Waals surface area (Å²) in [6.45, 7) is 1.92. The molecule has 2 rings (SSSR count). The molecule has 0 aliphatic carbocycles. The van der Waals surface area contributed by atoms with Crippen molar-refractivity contribution in [2.24, 2.45) is 0 Å². The first-order valence-corrected chi connectivity index (χ1v) is 7.07. The Labute approximate surface area is 114 Å². The van der Waals surface area contributed by atoms with Crippen LogP contribution in [-0.4, -0.2) is 30.7 Å². The maximum atomic E-state index is 12.0. The number of nitrogens with one attached hydrogen (secondary N) is 2. The summed E-state index contributed by atoms with van der Waals surface area (Å²) in [6.07, 6.45) is 4.84. The number of hydrogen-bond donors (Lipinski definition) is 3. The molecule has 0 saturated heterocycles. The molecular weight excluding hydrogens is 240 g/mol. The van der Waals surface area contributed by atoms with Crippen LogP contribution in [0.4, 0.5) is 5.69 Å². The number of aliphatic hydroxyl groups excluding tert-OH is 1. The van der Waals surface area contributed by atoms with Crippen LogP contribution < -0.4 is 10.6 Å². The summed E-state index contributed by atoms with van der Waals surface area (Å²) in [5.41, 5.74) is 3.13. The summed E-state index contributed by atoms with van der Waals surface area (Å²) < 4.78 is 0. The smallest absolute Gasteiger partial charge is 0.251 e. The van der Waals surface area contributed by atoms with Crippen LogP contribution in [0.2, 0.25) is 0 Å². The van der Waals surface area contributed by atoms with Crippen molar-refractivity contribution in [1.29, 1.82) is 0 Å². The predicted molar refractivity (Wildman–Crippen MR) is 76.5 cm³/mol. The second-order valence-corrected chi connectivity index (χ2v) is 4.94. The summed E-state index contributed by atoms with van der Waals surface area (Å²) in [4.78, 5) is 12.0. The zero-order valence-electron chi connectivity index (χ0n) is 11.2. The van der Waals surface area contributed by atoms with Crippen molar-refractivity contribution >= 4 is 11.6 Å². The maximum absolute atomic E-state index is 12.0. The van der Waals surface area contributed by atoms with Crippen molar-refractivity contribution in [1.82, 2.24) is 5.32 Å². The van der Waals surface area contributed by atoms with E-state index in [4.69, 9.17) is 5.11 Å². The molecule has 1 aliphatic heterocycles. The molecule has 104 valence electrons. The second kappa shape index (κ2) is 7.14. The Kier molecular flexibility index (Phi) is 5.21. The Hall–Kier alpha value is -1.55. The van der Waals surface area contributed by atoms with E-state index in [1.807, 2.05) is 18.2 Å². The standard InChI is InChI=1S/C15H22N2O2/c18-10-3-1-2-8-17-15(19)13-6-7-14-12(11-13)5-4-9-16-14/h6-7,11,16,18H,1-5,8-10H2,(H,17,19). The molecule has 0 aromatic heterocycles. The lowest BCUT2D eigenvalue weighted by atomic mass is 10.0. The Morgan fingerprint density at radius 3 is 3.05 bits per heavy atom. The molecule has 1 heterocycles. The van der Waals surface area contributed by atoms with Crippen molar-refractivity contribution in [3.8, 4) is 0 Å². The van der Waals surface area contributed by atoms with Gasteiger partial charge in [0.2, 0.25) is 0 Å². The van der Waals surface area contributed by atoms with E-state index in [2.05, 4.69) is 10.6 Å². The summed E-state index contributed by atoms with van der Waals surface area (Å²) in [5, 5.41) is 14.9. The SMILES string of the molecule is O=C(NCCCCCO)c1ccc2c(c1)CCCN2. The fourth-order valence-electron chi connectivity index (χ4n) is 2.33. The van der Waals surface area contributed by atoms with Crippen LogP contribution in [0, 0.1) is 0 Å². The predicted octanol–water partition coefficient (Wildman–Crippen LogP) is 1.94. The highest BCUT2D eigenvalue weighted by atomic mass is 16.2. The van der Waals surface area contributed by atoms with Gasteiger partial charge in [-0.05, 0) is 55.9 Å². The van der Waals surface area contributed by atoms with E-state index in [-0.39, 0.29) is 12.5 Å². The lowest BCUT2D eigenvalue weighted by Crippen LogP contribution is -2.25. The number of benzene rings is 1. The number of unbranched alkanes of at least 4 members (excludes halogenated alkanes) is 2. The first kappa shape index (κ1) is 13.9. The first-order chi connectivity index (χ1) is 9.31. The lowest BCUT2D eigenvalue weighted by molar-refractivity contribution is 0.0953. The van der Waals surface area contributed by atoms with Crippen LogP contribution in [0.3, 0.4) is 0 Å². The minimum absolute atomic E-state index is 0.00243. The van der Waals surface area contributed by atoms with Crippen molar-refractivity contribution in [2.75, 3.05) is 25.0 Å². The van der Waals surface area contributed by atoms with E-state index in [1.165, 1.54) is 5.56 Å². The largest absolute Gasteiger partial charge is 0.396 e. The highest BCUT2D eigenvalue weighted by Gasteiger charge is 2.11. The summed E-state index contributed by atoms with van der Waals surface area (Å²) in [6, 6.07) is 5.86. The van der Waals surface area contributed by atoms with Crippen LogP contribution >= 0.6 is 0 Å². The molecular formula is C15H22N2O2. The summed E-state index contributed by atoms with van der Waals surface area (Å²) in [5.74, 6) is -0.00243. The fraction of sp³-hybridized carbons (Fsp3) is 0.533. The van der Waals surface area contributed by atoms with Gasteiger partial charge in [0, 0.05) is 30.9 Å². The van der Waals surface area contributed by atoms with E-state index in [9.17, 15) is 4.79 Å². The molecule has 0 unspecified atom stereocenters. The number of rotatable bonds is 6. The van der Waals surface area contributed by atoms with Gasteiger partial charge in [-0.3, -0.25) is 4.79 Å². The molecule has 0 bridgehead atoms. The topological polar surface area (TPSA) is 61.4 Å². The number of aryl methyl sites for hydroxylation is 1. The Bertz CT molecular complexity index is 432.